The second-order valence-corrected chi connectivity index (χ2v) is 8.05. The zero-order valence-corrected chi connectivity index (χ0v) is 16.7. The third-order valence-corrected chi connectivity index (χ3v) is 6.56. The van der Waals surface area contributed by atoms with E-state index in [4.69, 9.17) is 21.1 Å². The molecule has 2 fully saturated rings. The fourth-order valence-electron chi connectivity index (χ4n) is 4.80. The fourth-order valence-corrected chi connectivity index (χ4v) is 5.02. The van der Waals surface area contributed by atoms with Crippen molar-refractivity contribution in [2.45, 2.75) is 64.2 Å². The van der Waals surface area contributed by atoms with Gasteiger partial charge in [0.05, 0.1) is 20.0 Å². The maximum Gasteiger partial charge on any atom is 0.149 e. The molecule has 3 rings (SSSR count). The molecule has 0 unspecified atom stereocenters. The minimum atomic E-state index is -0.284. The highest BCUT2D eigenvalue weighted by Gasteiger charge is 2.31. The molecule has 0 bridgehead atoms. The first kappa shape index (κ1) is 19.5. The lowest BCUT2D eigenvalue weighted by Gasteiger charge is -2.36. The van der Waals surface area contributed by atoms with Crippen LogP contribution in [0.4, 0.5) is 4.39 Å². The third kappa shape index (κ3) is 4.36. The predicted octanol–water partition coefficient (Wildman–Crippen LogP) is 6.87. The SMILES string of the molecule is CCOc1ccc([C@H]2CC[C@H](C3CCC(=COC)CC3)CC2)c(F)c1Cl. The molecular weight excluding hydrogens is 351 g/mol. The molecule has 0 amide bonds. The summed E-state index contributed by atoms with van der Waals surface area (Å²) < 4.78 is 25.3. The van der Waals surface area contributed by atoms with Crippen molar-refractivity contribution in [1.82, 2.24) is 0 Å². The van der Waals surface area contributed by atoms with Gasteiger partial charge in [0.2, 0.25) is 0 Å². The Morgan fingerprint density at radius 3 is 2.35 bits per heavy atom. The molecule has 4 heteroatoms. The molecule has 0 aliphatic heterocycles. The summed E-state index contributed by atoms with van der Waals surface area (Å²) in [6, 6.07) is 3.70. The lowest BCUT2D eigenvalue weighted by atomic mass is 9.69. The monoisotopic (exact) mass is 380 g/mol. The van der Waals surface area contributed by atoms with Crippen LogP contribution in [0.1, 0.15) is 69.8 Å². The summed E-state index contributed by atoms with van der Waals surface area (Å²) in [4.78, 5) is 0. The normalized spacial score (nSPS) is 26.5. The van der Waals surface area contributed by atoms with Crippen molar-refractivity contribution >= 4 is 11.6 Å². The summed E-state index contributed by atoms with van der Waals surface area (Å²) >= 11 is 6.17. The summed E-state index contributed by atoms with van der Waals surface area (Å²) in [6.07, 6.45) is 11.3. The highest BCUT2D eigenvalue weighted by atomic mass is 35.5. The highest BCUT2D eigenvalue weighted by Crippen LogP contribution is 2.45. The van der Waals surface area contributed by atoms with Crippen LogP contribution in [0.2, 0.25) is 5.02 Å². The molecule has 1 aromatic rings. The van der Waals surface area contributed by atoms with Crippen LogP contribution >= 0.6 is 11.6 Å². The Morgan fingerprint density at radius 1 is 1.08 bits per heavy atom. The fraction of sp³-hybridized carbons (Fsp3) is 0.636. The minimum Gasteiger partial charge on any atom is -0.504 e. The number of methoxy groups -OCH3 is 1. The lowest BCUT2D eigenvalue weighted by Crippen LogP contribution is -2.24. The zero-order valence-electron chi connectivity index (χ0n) is 15.9. The second kappa shape index (κ2) is 9.12. The Bertz CT molecular complexity index is 625. The number of hydrogen-bond donors (Lipinski definition) is 0. The number of rotatable bonds is 5. The van der Waals surface area contributed by atoms with E-state index >= 15 is 0 Å². The molecule has 0 N–H and O–H groups in total. The summed E-state index contributed by atoms with van der Waals surface area (Å²) in [5.74, 6) is 2.06. The Labute approximate surface area is 161 Å². The van der Waals surface area contributed by atoms with E-state index in [9.17, 15) is 4.39 Å². The predicted molar refractivity (Wildman–Crippen MR) is 104 cm³/mol. The van der Waals surface area contributed by atoms with Crippen LogP contribution in [0.25, 0.3) is 0 Å². The van der Waals surface area contributed by atoms with Crippen molar-refractivity contribution in [2.75, 3.05) is 13.7 Å². The van der Waals surface area contributed by atoms with Crippen molar-refractivity contribution in [3.8, 4) is 5.75 Å². The Kier molecular flexibility index (Phi) is 6.86. The van der Waals surface area contributed by atoms with Crippen LogP contribution in [-0.2, 0) is 4.74 Å². The lowest BCUT2D eigenvalue weighted by molar-refractivity contribution is 0.196. The van der Waals surface area contributed by atoms with E-state index < -0.39 is 0 Å². The van der Waals surface area contributed by atoms with Gasteiger partial charge in [0, 0.05) is 0 Å². The van der Waals surface area contributed by atoms with Gasteiger partial charge in [-0.05, 0) is 93.2 Å². The van der Waals surface area contributed by atoms with Gasteiger partial charge in [0.25, 0.3) is 0 Å². The molecule has 2 aliphatic rings. The number of benzene rings is 1. The van der Waals surface area contributed by atoms with Gasteiger partial charge < -0.3 is 9.47 Å². The molecule has 144 valence electrons. The van der Waals surface area contributed by atoms with E-state index in [1.165, 1.54) is 44.1 Å². The molecule has 1 aromatic carbocycles. The summed E-state index contributed by atoms with van der Waals surface area (Å²) in [6.45, 7) is 2.37. The molecule has 0 saturated heterocycles. The van der Waals surface area contributed by atoms with Crippen molar-refractivity contribution in [1.29, 1.82) is 0 Å². The smallest absolute Gasteiger partial charge is 0.149 e. The summed E-state index contributed by atoms with van der Waals surface area (Å²) in [5, 5.41) is 0.135. The van der Waals surface area contributed by atoms with Gasteiger partial charge in [0.1, 0.15) is 16.6 Å². The molecule has 2 saturated carbocycles. The topological polar surface area (TPSA) is 18.5 Å². The van der Waals surface area contributed by atoms with Gasteiger partial charge in [0.15, 0.2) is 0 Å². The standard InChI is InChI=1S/C22H30ClFO2/c1-3-26-20-13-12-19(22(24)21(20)23)18-10-8-17(9-11-18)16-6-4-15(5-7-16)14-25-2/h12-14,16-18H,3-11H2,1-2H3/t16?,17-,18-. The highest BCUT2D eigenvalue weighted by molar-refractivity contribution is 6.32. The van der Waals surface area contributed by atoms with Crippen LogP contribution < -0.4 is 4.74 Å². The maximum atomic E-state index is 14.7. The average Bonchev–Trinajstić information content (AvgIpc) is 2.67. The molecule has 0 radical (unpaired) electrons. The first-order valence-electron chi connectivity index (χ1n) is 9.95. The zero-order chi connectivity index (χ0) is 18.5. The van der Waals surface area contributed by atoms with Crippen LogP contribution in [0, 0.1) is 17.7 Å². The largest absolute Gasteiger partial charge is 0.504 e. The molecular formula is C22H30ClFO2. The van der Waals surface area contributed by atoms with Crippen molar-refractivity contribution in [3.63, 3.8) is 0 Å². The Hall–Kier alpha value is -1.22. The van der Waals surface area contributed by atoms with Crippen molar-refractivity contribution in [3.05, 3.63) is 40.4 Å². The van der Waals surface area contributed by atoms with Crippen LogP contribution in [0.3, 0.4) is 0 Å². The number of hydrogen-bond acceptors (Lipinski definition) is 2. The van der Waals surface area contributed by atoms with E-state index in [2.05, 4.69) is 0 Å². The number of halogens is 2. The Balaban J connectivity index is 1.57. The maximum absolute atomic E-state index is 14.7. The summed E-state index contributed by atoms with van der Waals surface area (Å²) in [5.41, 5.74) is 2.22. The second-order valence-electron chi connectivity index (χ2n) is 7.67. The molecule has 2 nitrogen and oxygen atoms in total. The average molecular weight is 381 g/mol. The molecule has 0 spiro atoms. The van der Waals surface area contributed by atoms with Gasteiger partial charge in [-0.2, -0.15) is 0 Å². The van der Waals surface area contributed by atoms with Gasteiger partial charge in [-0.1, -0.05) is 17.7 Å². The van der Waals surface area contributed by atoms with E-state index in [0.29, 0.717) is 12.4 Å². The molecule has 26 heavy (non-hydrogen) atoms. The molecule has 0 aromatic heterocycles. The van der Waals surface area contributed by atoms with Crippen LogP contribution in [0.15, 0.2) is 24.0 Å². The van der Waals surface area contributed by atoms with E-state index in [-0.39, 0.29) is 16.8 Å². The first-order valence-corrected chi connectivity index (χ1v) is 10.3. The third-order valence-electron chi connectivity index (χ3n) is 6.21. The molecule has 0 heterocycles. The van der Waals surface area contributed by atoms with Gasteiger partial charge in [-0.25, -0.2) is 4.39 Å². The molecule has 2 aliphatic carbocycles. The van der Waals surface area contributed by atoms with Gasteiger partial charge in [-0.15, -0.1) is 0 Å². The van der Waals surface area contributed by atoms with E-state index in [1.807, 2.05) is 25.3 Å². The van der Waals surface area contributed by atoms with E-state index in [0.717, 1.165) is 30.2 Å². The van der Waals surface area contributed by atoms with Crippen molar-refractivity contribution < 1.29 is 13.9 Å². The van der Waals surface area contributed by atoms with E-state index in [1.54, 1.807) is 7.11 Å². The van der Waals surface area contributed by atoms with Crippen LogP contribution in [-0.4, -0.2) is 13.7 Å². The number of allylic oxidation sites excluding steroid dienone is 1. The Morgan fingerprint density at radius 2 is 1.73 bits per heavy atom. The quantitative estimate of drug-likeness (QED) is 0.519. The van der Waals surface area contributed by atoms with Crippen LogP contribution in [0.5, 0.6) is 5.75 Å². The van der Waals surface area contributed by atoms with Gasteiger partial charge in [-0.3, -0.25) is 0 Å². The number of ether oxygens (including phenoxy) is 2. The first-order chi connectivity index (χ1) is 12.6. The molecule has 0 atom stereocenters. The van der Waals surface area contributed by atoms with Crippen molar-refractivity contribution in [2.24, 2.45) is 11.8 Å². The summed E-state index contributed by atoms with van der Waals surface area (Å²) in [7, 11) is 1.73. The van der Waals surface area contributed by atoms with Gasteiger partial charge >= 0.3 is 0 Å². The minimum absolute atomic E-state index is 0.135.